The number of benzene rings is 3. The largest absolute Gasteiger partial charge is 0.507 e. The number of hydrogen-bond donors (Lipinski definition) is 3. The molecule has 5 aromatic rings. The SMILES string of the molecule is Cn1c2cc(S(=O)(=O)NCCn3cccc3)c(O)cc2c2c3c(c(-c4ccccc4Cl)cc21)C(=O)NC3=O. The number of aromatic hydroxyl groups is 1. The summed E-state index contributed by atoms with van der Waals surface area (Å²) in [5.74, 6) is -1.58. The molecule has 0 saturated heterocycles. The zero-order chi connectivity index (χ0) is 26.8. The van der Waals surface area contributed by atoms with Crippen molar-refractivity contribution in [2.24, 2.45) is 7.05 Å². The zero-order valence-corrected chi connectivity index (χ0v) is 21.6. The number of phenolic OH excluding ortho intramolecular Hbond substituents is 1. The molecule has 1 aliphatic heterocycles. The molecule has 3 heterocycles. The number of sulfonamides is 1. The highest BCUT2D eigenvalue weighted by molar-refractivity contribution is 7.89. The van der Waals surface area contributed by atoms with Crippen molar-refractivity contribution in [3.8, 4) is 16.9 Å². The molecule has 6 rings (SSSR count). The average Bonchev–Trinajstić information content (AvgIpc) is 3.56. The van der Waals surface area contributed by atoms with E-state index in [1.54, 1.807) is 41.9 Å². The molecule has 0 unspecified atom stereocenters. The van der Waals surface area contributed by atoms with Gasteiger partial charge in [0.1, 0.15) is 10.6 Å². The van der Waals surface area contributed by atoms with E-state index in [-0.39, 0.29) is 22.6 Å². The number of imide groups is 1. The number of rotatable bonds is 6. The second-order valence-electron chi connectivity index (χ2n) is 9.05. The lowest BCUT2D eigenvalue weighted by Crippen LogP contribution is -2.27. The van der Waals surface area contributed by atoms with Gasteiger partial charge in [-0.25, -0.2) is 13.1 Å². The van der Waals surface area contributed by atoms with Gasteiger partial charge in [-0.05, 0) is 42.0 Å². The second-order valence-corrected chi connectivity index (χ2v) is 11.2. The summed E-state index contributed by atoms with van der Waals surface area (Å²) in [6, 6.07) is 15.2. The maximum atomic E-state index is 13.1. The summed E-state index contributed by atoms with van der Waals surface area (Å²) < 4.78 is 32.3. The molecule has 3 aromatic carbocycles. The first-order valence-corrected chi connectivity index (χ1v) is 13.6. The number of nitrogens with one attached hydrogen (secondary N) is 2. The van der Waals surface area contributed by atoms with E-state index in [1.165, 1.54) is 12.1 Å². The summed E-state index contributed by atoms with van der Waals surface area (Å²) in [5.41, 5.74) is 2.46. The van der Waals surface area contributed by atoms with Crippen molar-refractivity contribution in [1.82, 2.24) is 19.2 Å². The molecule has 3 N–H and O–H groups in total. The van der Waals surface area contributed by atoms with Crippen LogP contribution < -0.4 is 10.0 Å². The summed E-state index contributed by atoms with van der Waals surface area (Å²) in [7, 11) is -2.32. The average molecular weight is 549 g/mol. The number of hydrogen-bond acceptors (Lipinski definition) is 5. The Morgan fingerprint density at radius 2 is 1.66 bits per heavy atom. The molecule has 38 heavy (non-hydrogen) atoms. The fourth-order valence-electron chi connectivity index (χ4n) is 5.08. The molecule has 11 heteroatoms. The van der Waals surface area contributed by atoms with Gasteiger partial charge >= 0.3 is 0 Å². The molecule has 192 valence electrons. The fraction of sp³-hybridized carbons (Fsp3) is 0.111. The third kappa shape index (κ3) is 3.68. The monoisotopic (exact) mass is 548 g/mol. The van der Waals surface area contributed by atoms with Crippen molar-refractivity contribution in [3.05, 3.63) is 83.1 Å². The predicted molar refractivity (Wildman–Crippen MR) is 144 cm³/mol. The van der Waals surface area contributed by atoms with E-state index in [4.69, 9.17) is 11.6 Å². The van der Waals surface area contributed by atoms with Crippen LogP contribution in [0.5, 0.6) is 5.75 Å². The van der Waals surface area contributed by atoms with Crippen LogP contribution in [-0.2, 0) is 23.6 Å². The first kappa shape index (κ1) is 24.2. The molecule has 9 nitrogen and oxygen atoms in total. The Kier molecular flexibility index (Phi) is 5.56. The summed E-state index contributed by atoms with van der Waals surface area (Å²) in [6.07, 6.45) is 3.65. The standard InChI is InChI=1S/C27H21ClN4O5S/c1-31-19-14-22(38(36,37)29-8-11-32-9-4-5-10-32)21(33)13-17(19)23-20(31)12-16(15-6-2-3-7-18(15)28)24-25(23)27(35)30-26(24)34/h2-7,9-10,12-14,29,33H,8,11H2,1H3,(H,30,34,35). The number of amides is 2. The van der Waals surface area contributed by atoms with Crippen LogP contribution in [0.25, 0.3) is 32.9 Å². The van der Waals surface area contributed by atoms with Gasteiger partial charge in [-0.2, -0.15) is 0 Å². The minimum Gasteiger partial charge on any atom is -0.507 e. The Bertz CT molecular complexity index is 1910. The highest BCUT2D eigenvalue weighted by Crippen LogP contribution is 2.43. The number of carbonyl (C=O) groups is 2. The van der Waals surface area contributed by atoms with E-state index in [2.05, 4.69) is 10.0 Å². The van der Waals surface area contributed by atoms with E-state index in [1.807, 2.05) is 29.1 Å². The highest BCUT2D eigenvalue weighted by atomic mass is 35.5. The van der Waals surface area contributed by atoms with Crippen molar-refractivity contribution >= 4 is 55.2 Å². The fourth-order valence-corrected chi connectivity index (χ4v) is 6.43. The first-order chi connectivity index (χ1) is 18.2. The van der Waals surface area contributed by atoms with Crippen molar-refractivity contribution in [2.75, 3.05) is 6.54 Å². The molecule has 2 aromatic heterocycles. The molecule has 0 saturated carbocycles. The Morgan fingerprint density at radius 3 is 2.39 bits per heavy atom. The number of aryl methyl sites for hydroxylation is 1. The minimum atomic E-state index is -4.06. The molecule has 0 radical (unpaired) electrons. The van der Waals surface area contributed by atoms with Crippen LogP contribution in [-0.4, -0.2) is 41.0 Å². The first-order valence-electron chi connectivity index (χ1n) is 11.7. The third-order valence-electron chi connectivity index (χ3n) is 6.84. The van der Waals surface area contributed by atoms with Gasteiger partial charge < -0.3 is 14.2 Å². The molecular formula is C27H21ClN4O5S. The lowest BCUT2D eigenvalue weighted by molar-refractivity contribution is 0.0880. The van der Waals surface area contributed by atoms with Crippen LogP contribution >= 0.6 is 11.6 Å². The van der Waals surface area contributed by atoms with Gasteiger partial charge in [-0.1, -0.05) is 29.8 Å². The topological polar surface area (TPSA) is 122 Å². The summed E-state index contributed by atoms with van der Waals surface area (Å²) >= 11 is 6.45. The van der Waals surface area contributed by atoms with Gasteiger partial charge in [0.25, 0.3) is 11.8 Å². The lowest BCUT2D eigenvalue weighted by atomic mass is 9.93. The van der Waals surface area contributed by atoms with Crippen LogP contribution in [0.1, 0.15) is 20.7 Å². The van der Waals surface area contributed by atoms with E-state index < -0.39 is 27.6 Å². The van der Waals surface area contributed by atoms with E-state index in [0.717, 1.165) is 0 Å². The van der Waals surface area contributed by atoms with Crippen molar-refractivity contribution < 1.29 is 23.1 Å². The van der Waals surface area contributed by atoms with E-state index in [0.29, 0.717) is 44.5 Å². The van der Waals surface area contributed by atoms with Crippen LogP contribution in [0, 0.1) is 0 Å². The molecule has 1 aliphatic rings. The van der Waals surface area contributed by atoms with Crippen LogP contribution in [0.15, 0.2) is 71.9 Å². The molecule has 0 spiro atoms. The number of carbonyl (C=O) groups excluding carboxylic acids is 2. The summed E-state index contributed by atoms with van der Waals surface area (Å²) in [5, 5.41) is 14.5. The second kappa shape index (κ2) is 8.73. The highest BCUT2D eigenvalue weighted by Gasteiger charge is 2.35. The predicted octanol–water partition coefficient (Wildman–Crippen LogP) is 4.02. The smallest absolute Gasteiger partial charge is 0.259 e. The number of fused-ring (bicyclic) bond motifs is 5. The summed E-state index contributed by atoms with van der Waals surface area (Å²) in [4.78, 5) is 25.6. The Hall–Kier alpha value is -4.12. The molecule has 0 aliphatic carbocycles. The van der Waals surface area contributed by atoms with Gasteiger partial charge in [-0.15, -0.1) is 0 Å². The molecule has 2 amide bonds. The van der Waals surface area contributed by atoms with Gasteiger partial charge in [0, 0.05) is 53.9 Å². The maximum absolute atomic E-state index is 13.1. The quantitative estimate of drug-likeness (QED) is 0.277. The van der Waals surface area contributed by atoms with E-state index in [9.17, 15) is 23.1 Å². The van der Waals surface area contributed by atoms with E-state index >= 15 is 0 Å². The Labute approximate surface area is 222 Å². The number of aromatic nitrogens is 2. The van der Waals surface area contributed by atoms with Gasteiger partial charge in [0.15, 0.2) is 0 Å². The normalized spacial score (nSPS) is 13.4. The molecule has 0 atom stereocenters. The van der Waals surface area contributed by atoms with Gasteiger partial charge in [-0.3, -0.25) is 14.9 Å². The number of halogens is 1. The third-order valence-corrected chi connectivity index (χ3v) is 8.66. The molecule has 0 fully saturated rings. The van der Waals surface area contributed by atoms with Crippen LogP contribution in [0.3, 0.4) is 0 Å². The van der Waals surface area contributed by atoms with Crippen molar-refractivity contribution in [1.29, 1.82) is 0 Å². The van der Waals surface area contributed by atoms with Crippen LogP contribution in [0.4, 0.5) is 0 Å². The zero-order valence-electron chi connectivity index (χ0n) is 20.0. The minimum absolute atomic E-state index is 0.126. The van der Waals surface area contributed by atoms with Crippen molar-refractivity contribution in [2.45, 2.75) is 11.4 Å². The van der Waals surface area contributed by atoms with Gasteiger partial charge in [0.2, 0.25) is 10.0 Å². The summed E-state index contributed by atoms with van der Waals surface area (Å²) in [6.45, 7) is 0.546. The van der Waals surface area contributed by atoms with Gasteiger partial charge in [0.05, 0.1) is 22.2 Å². The Morgan fingerprint density at radius 1 is 0.947 bits per heavy atom. The Balaban J connectivity index is 1.55. The van der Waals surface area contributed by atoms with Crippen molar-refractivity contribution in [3.63, 3.8) is 0 Å². The molecule has 0 bridgehead atoms. The number of nitrogens with zero attached hydrogens (tertiary/aromatic N) is 2. The molecular weight excluding hydrogens is 528 g/mol. The lowest BCUT2D eigenvalue weighted by Gasteiger charge is -2.10. The van der Waals surface area contributed by atoms with Crippen LogP contribution in [0.2, 0.25) is 5.02 Å². The maximum Gasteiger partial charge on any atom is 0.259 e. The number of phenols is 1.